The Kier molecular flexibility index (Phi) is 4.69. The Bertz CT molecular complexity index is 692. The van der Waals surface area contributed by atoms with Crippen molar-refractivity contribution in [3.05, 3.63) is 47.8 Å². The van der Waals surface area contributed by atoms with Gasteiger partial charge >= 0.3 is 0 Å². The van der Waals surface area contributed by atoms with E-state index in [0.717, 1.165) is 31.7 Å². The van der Waals surface area contributed by atoms with E-state index in [9.17, 15) is 4.79 Å². The lowest BCUT2D eigenvalue weighted by molar-refractivity contribution is -0.133. The van der Waals surface area contributed by atoms with Crippen LogP contribution in [0.5, 0.6) is 0 Å². The minimum atomic E-state index is 0.148. The summed E-state index contributed by atoms with van der Waals surface area (Å²) in [6.07, 6.45) is 3.21. The summed E-state index contributed by atoms with van der Waals surface area (Å²) in [5.41, 5.74) is 2.27. The summed E-state index contributed by atoms with van der Waals surface area (Å²) in [5.74, 6) is 0.511. The van der Waals surface area contributed by atoms with E-state index in [4.69, 9.17) is 0 Å². The van der Waals surface area contributed by atoms with E-state index in [1.165, 1.54) is 5.56 Å². The van der Waals surface area contributed by atoms with Gasteiger partial charge in [0.15, 0.2) is 0 Å². The Morgan fingerprint density at radius 1 is 1.29 bits per heavy atom. The smallest absolute Gasteiger partial charge is 0.228 e. The lowest BCUT2D eigenvalue weighted by Gasteiger charge is -2.44. The number of aromatic nitrogens is 3. The number of piperidine rings is 1. The van der Waals surface area contributed by atoms with E-state index in [-0.39, 0.29) is 11.3 Å². The molecule has 0 bridgehead atoms. The van der Waals surface area contributed by atoms with Crippen molar-refractivity contribution in [2.75, 3.05) is 13.1 Å². The average molecular weight is 326 g/mol. The minimum Gasteiger partial charge on any atom is -0.342 e. The van der Waals surface area contributed by atoms with Crippen LogP contribution in [-0.2, 0) is 17.8 Å². The molecule has 1 atom stereocenters. The second kappa shape index (κ2) is 6.75. The molecule has 3 rings (SSSR count). The van der Waals surface area contributed by atoms with Crippen LogP contribution < -0.4 is 0 Å². The van der Waals surface area contributed by atoms with Crippen molar-refractivity contribution in [3.8, 4) is 0 Å². The van der Waals surface area contributed by atoms with E-state index in [2.05, 4.69) is 48.4 Å². The largest absolute Gasteiger partial charge is 0.342 e. The van der Waals surface area contributed by atoms with Gasteiger partial charge in [-0.1, -0.05) is 49.4 Å². The zero-order valence-electron chi connectivity index (χ0n) is 14.8. The van der Waals surface area contributed by atoms with Crippen LogP contribution in [-0.4, -0.2) is 38.9 Å². The van der Waals surface area contributed by atoms with Gasteiger partial charge in [-0.25, -0.2) is 0 Å². The van der Waals surface area contributed by atoms with Gasteiger partial charge in [0.1, 0.15) is 0 Å². The van der Waals surface area contributed by atoms with Crippen molar-refractivity contribution in [2.45, 2.75) is 46.1 Å². The molecule has 1 aliphatic rings. The normalized spacial score (nSPS) is 20.1. The van der Waals surface area contributed by atoms with Crippen molar-refractivity contribution >= 4 is 5.91 Å². The van der Waals surface area contributed by atoms with Crippen LogP contribution in [0.15, 0.2) is 36.5 Å². The summed E-state index contributed by atoms with van der Waals surface area (Å²) < 4.78 is 1.76. The Morgan fingerprint density at radius 3 is 2.71 bits per heavy atom. The fraction of sp³-hybridized carbons (Fsp3) is 0.526. The Morgan fingerprint density at radius 2 is 2.04 bits per heavy atom. The van der Waals surface area contributed by atoms with Gasteiger partial charge in [-0.2, -0.15) is 0 Å². The summed E-state index contributed by atoms with van der Waals surface area (Å²) in [4.78, 5) is 14.7. The van der Waals surface area contributed by atoms with Crippen LogP contribution in [0, 0.1) is 5.41 Å². The highest BCUT2D eigenvalue weighted by atomic mass is 16.2. The quantitative estimate of drug-likeness (QED) is 0.868. The van der Waals surface area contributed by atoms with Crippen LogP contribution in [0.4, 0.5) is 0 Å². The zero-order valence-corrected chi connectivity index (χ0v) is 14.8. The maximum Gasteiger partial charge on any atom is 0.228 e. The number of rotatable bonds is 4. The first-order valence-corrected chi connectivity index (χ1v) is 8.71. The third kappa shape index (κ3) is 3.50. The third-order valence-electron chi connectivity index (χ3n) is 5.17. The molecule has 1 saturated heterocycles. The number of aryl methyl sites for hydroxylation is 1. The highest BCUT2D eigenvalue weighted by Gasteiger charge is 2.37. The molecule has 1 unspecified atom stereocenters. The molecule has 0 N–H and O–H groups in total. The number of carbonyl (C=O) groups is 1. The molecule has 2 heterocycles. The van der Waals surface area contributed by atoms with Gasteiger partial charge in [0.2, 0.25) is 5.91 Å². The maximum absolute atomic E-state index is 12.7. The second-order valence-corrected chi connectivity index (χ2v) is 7.28. The first kappa shape index (κ1) is 16.7. The molecule has 1 fully saturated rings. The average Bonchev–Trinajstić information content (AvgIpc) is 3.03. The van der Waals surface area contributed by atoms with Crippen LogP contribution in [0.25, 0.3) is 0 Å². The lowest BCUT2D eigenvalue weighted by Crippen LogP contribution is -2.46. The number of carbonyl (C=O) groups excluding carboxylic acids is 1. The van der Waals surface area contributed by atoms with Gasteiger partial charge in [0.05, 0.1) is 12.1 Å². The molecule has 5 nitrogen and oxygen atoms in total. The lowest BCUT2D eigenvalue weighted by atomic mass is 9.70. The van der Waals surface area contributed by atoms with E-state index in [0.29, 0.717) is 12.3 Å². The van der Waals surface area contributed by atoms with Gasteiger partial charge in [-0.05, 0) is 24.3 Å². The third-order valence-corrected chi connectivity index (χ3v) is 5.17. The van der Waals surface area contributed by atoms with Crippen LogP contribution >= 0.6 is 0 Å². The van der Waals surface area contributed by atoms with E-state index >= 15 is 0 Å². The van der Waals surface area contributed by atoms with E-state index < -0.39 is 0 Å². The fourth-order valence-electron chi connectivity index (χ4n) is 3.47. The van der Waals surface area contributed by atoms with Crippen molar-refractivity contribution < 1.29 is 4.79 Å². The zero-order chi connectivity index (χ0) is 17.2. The molecular weight excluding hydrogens is 300 g/mol. The van der Waals surface area contributed by atoms with Crippen molar-refractivity contribution in [3.63, 3.8) is 0 Å². The molecule has 1 amide bonds. The van der Waals surface area contributed by atoms with Crippen LogP contribution in [0.2, 0.25) is 0 Å². The molecule has 5 heteroatoms. The van der Waals surface area contributed by atoms with Crippen LogP contribution in [0.1, 0.15) is 44.4 Å². The monoisotopic (exact) mass is 326 g/mol. The van der Waals surface area contributed by atoms with Crippen molar-refractivity contribution in [1.82, 2.24) is 19.9 Å². The van der Waals surface area contributed by atoms with Crippen molar-refractivity contribution in [2.24, 2.45) is 5.41 Å². The Balaban J connectivity index is 1.71. The van der Waals surface area contributed by atoms with Crippen LogP contribution in [0.3, 0.4) is 0 Å². The van der Waals surface area contributed by atoms with Gasteiger partial charge < -0.3 is 4.90 Å². The van der Waals surface area contributed by atoms with E-state index in [1.807, 2.05) is 24.1 Å². The molecule has 1 aromatic heterocycles. The SMILES string of the molecule is CCn1cc(CC(=O)N2CCC(C)(C)C(c3ccccc3)C2)nn1. The molecule has 1 aliphatic heterocycles. The number of hydrogen-bond donors (Lipinski definition) is 0. The second-order valence-electron chi connectivity index (χ2n) is 7.28. The van der Waals surface area contributed by atoms with E-state index in [1.54, 1.807) is 4.68 Å². The Labute approximate surface area is 143 Å². The molecular formula is C19H26N4O. The number of benzene rings is 1. The summed E-state index contributed by atoms with van der Waals surface area (Å²) in [6.45, 7) is 8.99. The number of hydrogen-bond acceptors (Lipinski definition) is 3. The van der Waals surface area contributed by atoms with Gasteiger partial charge in [0.25, 0.3) is 0 Å². The molecule has 0 saturated carbocycles. The minimum absolute atomic E-state index is 0.148. The first-order chi connectivity index (χ1) is 11.5. The molecule has 0 spiro atoms. The number of nitrogens with zero attached hydrogens (tertiary/aromatic N) is 4. The fourth-order valence-corrected chi connectivity index (χ4v) is 3.47. The van der Waals surface area contributed by atoms with Gasteiger partial charge in [-0.15, -0.1) is 5.10 Å². The first-order valence-electron chi connectivity index (χ1n) is 8.71. The molecule has 0 radical (unpaired) electrons. The van der Waals surface area contributed by atoms with Gasteiger partial charge in [0, 0.05) is 31.7 Å². The van der Waals surface area contributed by atoms with Crippen molar-refractivity contribution in [1.29, 1.82) is 0 Å². The molecule has 128 valence electrons. The summed E-state index contributed by atoms with van der Waals surface area (Å²) in [7, 11) is 0. The molecule has 1 aromatic carbocycles. The number of amides is 1. The molecule has 24 heavy (non-hydrogen) atoms. The predicted octanol–water partition coefficient (Wildman–Crippen LogP) is 2.88. The topological polar surface area (TPSA) is 51.0 Å². The van der Waals surface area contributed by atoms with Gasteiger partial charge in [-0.3, -0.25) is 9.48 Å². The highest BCUT2D eigenvalue weighted by Crippen LogP contribution is 2.42. The molecule has 2 aromatic rings. The predicted molar refractivity (Wildman–Crippen MR) is 93.6 cm³/mol. The summed E-state index contributed by atoms with van der Waals surface area (Å²) in [5, 5.41) is 8.11. The standard InChI is InChI=1S/C19H26N4O/c1-4-23-13-16(20-21-23)12-18(24)22-11-10-19(2,3)17(14-22)15-8-6-5-7-9-15/h5-9,13,17H,4,10-12,14H2,1-3H3. The number of likely N-dealkylation sites (tertiary alicyclic amines) is 1. The summed E-state index contributed by atoms with van der Waals surface area (Å²) >= 11 is 0. The maximum atomic E-state index is 12.7. The highest BCUT2D eigenvalue weighted by molar-refractivity contribution is 5.78. The Hall–Kier alpha value is -2.17. The molecule has 0 aliphatic carbocycles. The summed E-state index contributed by atoms with van der Waals surface area (Å²) in [6, 6.07) is 10.5.